The normalized spacial score (nSPS) is 18.1. The van der Waals surface area contributed by atoms with Crippen LogP contribution in [0.4, 0.5) is 0 Å². The zero-order chi connectivity index (χ0) is 50.5. The lowest BCUT2D eigenvalue weighted by molar-refractivity contribution is 0.116. The molecule has 1 aromatic rings. The fourth-order valence-electron chi connectivity index (χ4n) is 16.2. The minimum Gasteiger partial charge on any atom is -0.354 e. The summed E-state index contributed by atoms with van der Waals surface area (Å²) in [6.07, 6.45) is 0. The Morgan fingerprint density at radius 1 is 0.391 bits per heavy atom. The predicted molar refractivity (Wildman–Crippen MR) is 315 cm³/mol. The standard InChI is InChI=1S/C52H109N4Si8/c1-36(2)53-40(9)41(10)54(37(3)4)50(53)57(51-55(38(5)6)42(11)43(12)56(51)39(7)8)47-45(48(58(13,14)15)59(16,17)18)34-44(35-46(47)49(60(19,20)21)61(22,23)24)52(62(25,26)27,63(28,29)30)64(31,32)33/h34-39,48-51H,1-33H3. The third kappa shape index (κ3) is 10.3. The average molecular weight is 1020 g/mol. The fraction of sp³-hybridized carbons (Fsp3) is 0.808. The van der Waals surface area contributed by atoms with Gasteiger partial charge in [-0.05, 0) is 108 Å². The van der Waals surface area contributed by atoms with E-state index in [1.165, 1.54) is 22.8 Å². The van der Waals surface area contributed by atoms with Crippen LogP contribution in [-0.2, 0) is 4.28 Å². The summed E-state index contributed by atoms with van der Waals surface area (Å²) in [6.45, 7) is 88.4. The van der Waals surface area contributed by atoms with E-state index in [-0.39, 0.29) is 11.6 Å². The van der Waals surface area contributed by atoms with Gasteiger partial charge in [0, 0.05) is 103 Å². The van der Waals surface area contributed by atoms with E-state index in [1.54, 1.807) is 0 Å². The molecule has 0 saturated carbocycles. The van der Waals surface area contributed by atoms with E-state index in [0.717, 1.165) is 0 Å². The molecule has 0 N–H and O–H groups in total. The molecule has 0 amide bonds. The number of rotatable bonds is 17. The molecule has 369 valence electrons. The van der Waals surface area contributed by atoms with Crippen LogP contribution < -0.4 is 5.19 Å². The Kier molecular flexibility index (Phi) is 17.0. The monoisotopic (exact) mass is 1010 g/mol. The van der Waals surface area contributed by atoms with Crippen molar-refractivity contribution in [3.8, 4) is 0 Å². The smallest absolute Gasteiger partial charge is 0.191 e. The van der Waals surface area contributed by atoms with Crippen molar-refractivity contribution in [2.45, 2.75) is 271 Å². The van der Waals surface area contributed by atoms with Gasteiger partial charge in [0.25, 0.3) is 0 Å². The van der Waals surface area contributed by atoms with E-state index >= 15 is 0 Å². The molecule has 64 heavy (non-hydrogen) atoms. The van der Waals surface area contributed by atoms with E-state index in [9.17, 15) is 0 Å². The zero-order valence-electron chi connectivity index (χ0n) is 49.1. The van der Waals surface area contributed by atoms with Crippen LogP contribution in [0.5, 0.6) is 0 Å². The lowest BCUT2D eigenvalue weighted by atomic mass is 10.1. The van der Waals surface area contributed by atoms with Crippen LogP contribution in [0, 0.1) is 0 Å². The number of hydrogen-bond donors (Lipinski definition) is 0. The average Bonchev–Trinajstić information content (AvgIpc) is 3.42. The number of allylic oxidation sites excluding steroid dienone is 4. The van der Waals surface area contributed by atoms with Gasteiger partial charge in [-0.2, -0.15) is 0 Å². The van der Waals surface area contributed by atoms with E-state index in [1.807, 2.05) is 21.9 Å². The highest BCUT2D eigenvalue weighted by Crippen LogP contribution is 2.53. The van der Waals surface area contributed by atoms with Crippen LogP contribution in [0.2, 0.25) is 137 Å². The van der Waals surface area contributed by atoms with E-state index in [0.29, 0.717) is 38.8 Å². The largest absolute Gasteiger partial charge is 0.354 e. The maximum absolute atomic E-state index is 3.09. The summed E-state index contributed by atoms with van der Waals surface area (Å²) in [5.74, 6) is 0.561. The molecule has 0 spiro atoms. The van der Waals surface area contributed by atoms with Crippen LogP contribution in [0.3, 0.4) is 0 Å². The van der Waals surface area contributed by atoms with Crippen molar-refractivity contribution in [1.29, 1.82) is 0 Å². The Balaban J connectivity index is 3.18. The molecule has 1 aromatic carbocycles. The fourth-order valence-corrected chi connectivity index (χ4v) is 77.3. The first-order valence-corrected chi connectivity index (χ1v) is 52.3. The summed E-state index contributed by atoms with van der Waals surface area (Å²) in [6, 6.07) is 7.74. The van der Waals surface area contributed by atoms with Crippen molar-refractivity contribution in [2.75, 3.05) is 0 Å². The van der Waals surface area contributed by atoms with Gasteiger partial charge >= 0.3 is 0 Å². The highest BCUT2D eigenvalue weighted by atomic mass is 28.5. The molecular formula is C52H109N4Si8. The van der Waals surface area contributed by atoms with Crippen LogP contribution in [0.25, 0.3) is 0 Å². The molecule has 2 aliphatic rings. The van der Waals surface area contributed by atoms with E-state index < -0.39 is 65.3 Å². The van der Waals surface area contributed by atoms with Crippen molar-refractivity contribution in [2.24, 2.45) is 0 Å². The van der Waals surface area contributed by atoms with Crippen LogP contribution in [0.15, 0.2) is 34.9 Å². The minimum absolute atomic E-state index is 0.281. The quantitative estimate of drug-likeness (QED) is 0.144. The van der Waals surface area contributed by atoms with Gasteiger partial charge in [-0.15, -0.1) is 0 Å². The molecule has 4 nitrogen and oxygen atoms in total. The van der Waals surface area contributed by atoms with E-state index in [2.05, 4.69) is 252 Å². The van der Waals surface area contributed by atoms with Crippen LogP contribution >= 0.6 is 0 Å². The first-order chi connectivity index (χ1) is 28.3. The molecule has 12 heteroatoms. The third-order valence-corrected chi connectivity index (χ3v) is 58.9. The van der Waals surface area contributed by atoms with Crippen molar-refractivity contribution >= 4 is 70.5 Å². The van der Waals surface area contributed by atoms with Gasteiger partial charge < -0.3 is 19.6 Å². The van der Waals surface area contributed by atoms with Gasteiger partial charge in [0.15, 0.2) is 8.80 Å². The summed E-state index contributed by atoms with van der Waals surface area (Å²) in [4.78, 5) is 11.9. The molecule has 0 aliphatic carbocycles. The van der Waals surface area contributed by atoms with Crippen molar-refractivity contribution in [1.82, 2.24) is 19.6 Å². The number of hydrogen-bond acceptors (Lipinski definition) is 4. The topological polar surface area (TPSA) is 13.0 Å². The van der Waals surface area contributed by atoms with Gasteiger partial charge in [0.05, 0.1) is 11.6 Å². The molecule has 0 fully saturated rings. The Morgan fingerprint density at radius 2 is 0.594 bits per heavy atom. The molecule has 0 atom stereocenters. The molecule has 1 radical (unpaired) electrons. The number of benzene rings is 1. The second-order valence-electron chi connectivity index (χ2n) is 29.4. The molecule has 0 unspecified atom stereocenters. The molecule has 2 heterocycles. The maximum atomic E-state index is 3.09. The zero-order valence-corrected chi connectivity index (χ0v) is 57.1. The summed E-state index contributed by atoms with van der Waals surface area (Å²) in [7, 11) is -14.5. The minimum atomic E-state index is -1.85. The van der Waals surface area contributed by atoms with Gasteiger partial charge in [-0.25, -0.2) is 0 Å². The van der Waals surface area contributed by atoms with Gasteiger partial charge in [0.1, 0.15) is 0 Å². The summed E-state index contributed by atoms with van der Waals surface area (Å²) in [5, 5.41) is 3.17. The summed E-state index contributed by atoms with van der Waals surface area (Å²) < 4.78 is 0.293. The Labute approximate surface area is 410 Å². The highest BCUT2D eigenvalue weighted by Gasteiger charge is 2.62. The van der Waals surface area contributed by atoms with Crippen LogP contribution in [-0.4, -0.2) is 121 Å². The predicted octanol–water partition coefficient (Wildman–Crippen LogP) is 15.0. The van der Waals surface area contributed by atoms with Crippen molar-refractivity contribution < 1.29 is 0 Å². The SMILES string of the molecule is CC1=C(C)N(C(C)C)C([Si](c2c(C([Si](C)(C)C)[Si](C)(C)C)cc(C([Si](C)(C)C)([Si](C)(C)C)[Si](C)(C)C)cc2C([Si](C)(C)C)[Si](C)(C)C)C2N(C(C)C)C(C)=C(C)N2C(C)C)N1C(C)C. The Morgan fingerprint density at radius 3 is 0.750 bits per heavy atom. The van der Waals surface area contributed by atoms with Gasteiger partial charge in [-0.1, -0.05) is 161 Å². The lowest BCUT2D eigenvalue weighted by Crippen LogP contribution is -2.75. The lowest BCUT2D eigenvalue weighted by Gasteiger charge is -2.60. The van der Waals surface area contributed by atoms with E-state index in [4.69, 9.17) is 0 Å². The Bertz CT molecular complexity index is 1660. The first kappa shape index (κ1) is 58.0. The molecule has 3 rings (SSSR count). The first-order valence-electron chi connectivity index (χ1n) is 25.8. The highest BCUT2D eigenvalue weighted by molar-refractivity contribution is 7.14. The molecule has 0 bridgehead atoms. The second kappa shape index (κ2) is 18.8. The molecule has 2 aliphatic heterocycles. The summed E-state index contributed by atoms with van der Waals surface area (Å²) >= 11 is 0. The van der Waals surface area contributed by atoms with Crippen LogP contribution in [0.1, 0.15) is 110 Å². The van der Waals surface area contributed by atoms with Crippen molar-refractivity contribution in [3.63, 3.8) is 0 Å². The molecule has 0 aromatic heterocycles. The number of nitrogens with zero attached hydrogens (tertiary/aromatic N) is 4. The molecular weight excluding hydrogens is 905 g/mol. The van der Waals surface area contributed by atoms with Gasteiger partial charge in [-0.3, -0.25) is 0 Å². The summed E-state index contributed by atoms with van der Waals surface area (Å²) in [5.41, 5.74) is 11.5. The van der Waals surface area contributed by atoms with Crippen molar-refractivity contribution in [3.05, 3.63) is 51.6 Å². The third-order valence-electron chi connectivity index (χ3n) is 15.8. The maximum Gasteiger partial charge on any atom is 0.191 e. The Hall–Kier alpha value is -0.365. The second-order valence-corrected chi connectivity index (χ2v) is 71.5. The van der Waals surface area contributed by atoms with Gasteiger partial charge in [0.2, 0.25) is 0 Å². The molecule has 0 saturated heterocycles.